The van der Waals surface area contributed by atoms with Gasteiger partial charge in [0.1, 0.15) is 11.0 Å². The summed E-state index contributed by atoms with van der Waals surface area (Å²) in [7, 11) is 0. The van der Waals surface area contributed by atoms with Gasteiger partial charge in [-0.2, -0.15) is 0 Å². The molecule has 0 aliphatic carbocycles. The molecule has 0 aromatic carbocycles. The third kappa shape index (κ3) is 3.10. The van der Waals surface area contributed by atoms with E-state index in [0.29, 0.717) is 17.9 Å². The van der Waals surface area contributed by atoms with Gasteiger partial charge in [-0.3, -0.25) is 4.79 Å². The first-order valence-corrected chi connectivity index (χ1v) is 5.03. The maximum atomic E-state index is 10.6. The van der Waals surface area contributed by atoms with Gasteiger partial charge in [0.05, 0.1) is 11.9 Å². The van der Waals surface area contributed by atoms with Crippen LogP contribution in [0.5, 0.6) is 0 Å². The van der Waals surface area contributed by atoms with Crippen LogP contribution in [0.15, 0.2) is 16.8 Å². The Kier molecular flexibility index (Phi) is 3.82. The highest BCUT2D eigenvalue weighted by Crippen LogP contribution is 2.19. The van der Waals surface area contributed by atoms with Crippen molar-refractivity contribution in [3.8, 4) is 0 Å². The fourth-order valence-corrected chi connectivity index (χ4v) is 1.76. The number of hydrogen-bond acceptors (Lipinski definition) is 4. The van der Waals surface area contributed by atoms with Crippen LogP contribution in [-0.2, 0) is 10.5 Å². The van der Waals surface area contributed by atoms with Crippen molar-refractivity contribution in [3.05, 3.63) is 18.0 Å². The first-order valence-electron chi connectivity index (χ1n) is 3.98. The number of carbonyl (C=O) groups is 1. The molecule has 0 aliphatic rings. The van der Waals surface area contributed by atoms with Crippen LogP contribution in [0.3, 0.4) is 0 Å². The van der Waals surface area contributed by atoms with Gasteiger partial charge in [0.2, 0.25) is 0 Å². The van der Waals surface area contributed by atoms with Gasteiger partial charge < -0.3 is 9.63 Å². The van der Waals surface area contributed by atoms with E-state index in [2.05, 4.69) is 5.16 Å². The van der Waals surface area contributed by atoms with Crippen molar-refractivity contribution in [2.75, 3.05) is 0 Å². The minimum atomic E-state index is -0.771. The molecule has 0 bridgehead atoms. The van der Waals surface area contributed by atoms with Crippen molar-refractivity contribution < 1.29 is 14.4 Å². The molecule has 1 N–H and O–H groups in total. The summed E-state index contributed by atoms with van der Waals surface area (Å²) < 4.78 is 4.84. The van der Waals surface area contributed by atoms with Crippen LogP contribution in [0.1, 0.15) is 19.1 Å². The Hall–Kier alpha value is -0.970. The van der Waals surface area contributed by atoms with E-state index in [1.165, 1.54) is 11.8 Å². The SMILES string of the molecule is CCC(SCc1ccno1)C(=O)O. The number of aliphatic carboxylic acids is 1. The zero-order chi connectivity index (χ0) is 9.68. The summed E-state index contributed by atoms with van der Waals surface area (Å²) in [4.78, 5) is 10.6. The minimum Gasteiger partial charge on any atom is -0.480 e. The zero-order valence-corrected chi connectivity index (χ0v) is 8.08. The Bertz CT molecular complexity index is 260. The van der Waals surface area contributed by atoms with Crippen LogP contribution >= 0.6 is 11.8 Å². The molecule has 0 saturated heterocycles. The number of nitrogens with zero attached hydrogens (tertiary/aromatic N) is 1. The van der Waals surface area contributed by atoms with Gasteiger partial charge in [0.25, 0.3) is 0 Å². The van der Waals surface area contributed by atoms with E-state index in [-0.39, 0.29) is 5.25 Å². The number of carboxylic acids is 1. The van der Waals surface area contributed by atoms with Crippen molar-refractivity contribution in [2.45, 2.75) is 24.3 Å². The fraction of sp³-hybridized carbons (Fsp3) is 0.500. The molecule has 13 heavy (non-hydrogen) atoms. The van der Waals surface area contributed by atoms with Crippen molar-refractivity contribution >= 4 is 17.7 Å². The van der Waals surface area contributed by atoms with Gasteiger partial charge in [0, 0.05) is 6.07 Å². The monoisotopic (exact) mass is 201 g/mol. The van der Waals surface area contributed by atoms with E-state index in [1.807, 2.05) is 6.92 Å². The van der Waals surface area contributed by atoms with Crippen LogP contribution in [-0.4, -0.2) is 21.5 Å². The van der Waals surface area contributed by atoms with E-state index in [4.69, 9.17) is 9.63 Å². The molecule has 0 fully saturated rings. The second-order valence-corrected chi connectivity index (χ2v) is 3.72. The molecule has 72 valence electrons. The van der Waals surface area contributed by atoms with Crippen LogP contribution in [0, 0.1) is 0 Å². The molecule has 1 rings (SSSR count). The van der Waals surface area contributed by atoms with Gasteiger partial charge in [-0.15, -0.1) is 11.8 Å². The molecular weight excluding hydrogens is 190 g/mol. The smallest absolute Gasteiger partial charge is 0.316 e. The lowest BCUT2D eigenvalue weighted by Gasteiger charge is -2.06. The lowest BCUT2D eigenvalue weighted by Crippen LogP contribution is -2.14. The topological polar surface area (TPSA) is 63.3 Å². The maximum Gasteiger partial charge on any atom is 0.316 e. The molecule has 5 heteroatoms. The molecule has 1 aromatic heterocycles. The minimum absolute atomic E-state index is 0.356. The number of thioether (sulfide) groups is 1. The number of aromatic nitrogens is 1. The van der Waals surface area contributed by atoms with Crippen molar-refractivity contribution in [1.29, 1.82) is 0 Å². The average molecular weight is 201 g/mol. The second kappa shape index (κ2) is 4.91. The Morgan fingerprint density at radius 2 is 2.62 bits per heavy atom. The Morgan fingerprint density at radius 1 is 1.85 bits per heavy atom. The molecule has 0 radical (unpaired) electrons. The summed E-state index contributed by atoms with van der Waals surface area (Å²) in [6, 6.07) is 1.74. The largest absolute Gasteiger partial charge is 0.480 e. The highest BCUT2D eigenvalue weighted by Gasteiger charge is 2.15. The third-order valence-corrected chi connectivity index (χ3v) is 2.95. The first kappa shape index (κ1) is 10.1. The number of hydrogen-bond donors (Lipinski definition) is 1. The molecule has 0 aliphatic heterocycles. The molecule has 4 nitrogen and oxygen atoms in total. The highest BCUT2D eigenvalue weighted by molar-refractivity contribution is 7.99. The van der Waals surface area contributed by atoms with Gasteiger partial charge in [0.15, 0.2) is 0 Å². The summed E-state index contributed by atoms with van der Waals surface area (Å²) in [5.74, 6) is 0.502. The molecule has 1 unspecified atom stereocenters. The highest BCUT2D eigenvalue weighted by atomic mass is 32.2. The van der Waals surface area contributed by atoms with Gasteiger partial charge >= 0.3 is 5.97 Å². The van der Waals surface area contributed by atoms with Gasteiger partial charge in [-0.05, 0) is 6.42 Å². The lowest BCUT2D eigenvalue weighted by atomic mass is 10.3. The molecule has 0 amide bonds. The molecule has 1 aromatic rings. The number of carboxylic acid groups (broad SMARTS) is 1. The van der Waals surface area contributed by atoms with Crippen LogP contribution in [0.4, 0.5) is 0 Å². The van der Waals surface area contributed by atoms with Crippen LogP contribution in [0.25, 0.3) is 0 Å². The number of rotatable bonds is 5. The normalized spacial score (nSPS) is 12.7. The third-order valence-electron chi connectivity index (χ3n) is 1.56. The van der Waals surface area contributed by atoms with Crippen molar-refractivity contribution in [1.82, 2.24) is 5.16 Å². The van der Waals surface area contributed by atoms with Gasteiger partial charge in [-0.25, -0.2) is 0 Å². The van der Waals surface area contributed by atoms with Gasteiger partial charge in [-0.1, -0.05) is 12.1 Å². The molecule has 0 saturated carbocycles. The van der Waals surface area contributed by atoms with E-state index >= 15 is 0 Å². The standard InChI is InChI=1S/C8H11NO3S/c1-2-7(8(10)11)13-5-6-3-4-9-12-6/h3-4,7H,2,5H2,1H3,(H,10,11). The fourth-order valence-electron chi connectivity index (χ4n) is 0.863. The molecule has 0 spiro atoms. The van der Waals surface area contributed by atoms with E-state index < -0.39 is 5.97 Å². The Labute approximate surface area is 80.3 Å². The predicted molar refractivity (Wildman–Crippen MR) is 49.5 cm³/mol. The van der Waals surface area contributed by atoms with Crippen molar-refractivity contribution in [3.63, 3.8) is 0 Å². The van der Waals surface area contributed by atoms with E-state index in [9.17, 15) is 4.79 Å². The summed E-state index contributed by atoms with van der Waals surface area (Å²) in [5.41, 5.74) is 0. The second-order valence-electron chi connectivity index (χ2n) is 2.52. The van der Waals surface area contributed by atoms with E-state index in [1.54, 1.807) is 12.3 Å². The molecular formula is C8H11NO3S. The van der Waals surface area contributed by atoms with Crippen molar-refractivity contribution in [2.24, 2.45) is 0 Å². The maximum absolute atomic E-state index is 10.6. The lowest BCUT2D eigenvalue weighted by molar-refractivity contribution is -0.136. The first-order chi connectivity index (χ1) is 6.24. The average Bonchev–Trinajstić information content (AvgIpc) is 2.57. The predicted octanol–water partition coefficient (Wildman–Crippen LogP) is 1.77. The molecule has 1 atom stereocenters. The van der Waals surface area contributed by atoms with Crippen LogP contribution < -0.4 is 0 Å². The Balaban J connectivity index is 2.36. The summed E-state index contributed by atoms with van der Waals surface area (Å²) in [6.45, 7) is 1.85. The summed E-state index contributed by atoms with van der Waals surface area (Å²) in [5, 5.41) is 11.9. The summed E-state index contributed by atoms with van der Waals surface area (Å²) in [6.07, 6.45) is 2.17. The van der Waals surface area contributed by atoms with E-state index in [0.717, 1.165) is 0 Å². The van der Waals surface area contributed by atoms with Crippen LogP contribution in [0.2, 0.25) is 0 Å². The Morgan fingerprint density at radius 3 is 3.08 bits per heavy atom. The summed E-state index contributed by atoms with van der Waals surface area (Å²) >= 11 is 1.35. The quantitative estimate of drug-likeness (QED) is 0.786. The zero-order valence-electron chi connectivity index (χ0n) is 7.27. The molecule has 1 heterocycles.